The number of benzene rings is 2. The molecule has 0 atom stereocenters. The molecule has 0 saturated heterocycles. The second kappa shape index (κ2) is 9.87. The van der Waals surface area contributed by atoms with Gasteiger partial charge in [0.2, 0.25) is 0 Å². The van der Waals surface area contributed by atoms with Gasteiger partial charge in [0.15, 0.2) is 0 Å². The van der Waals surface area contributed by atoms with Crippen molar-refractivity contribution in [3.8, 4) is 11.5 Å². The molecule has 2 aromatic carbocycles. The van der Waals surface area contributed by atoms with Gasteiger partial charge in [0.25, 0.3) is 0 Å². The van der Waals surface area contributed by atoms with Crippen LogP contribution < -0.4 is 9.47 Å². The summed E-state index contributed by atoms with van der Waals surface area (Å²) >= 11 is 9.73. The Morgan fingerprint density at radius 1 is 0.632 bits per heavy atom. The van der Waals surface area contributed by atoms with E-state index in [1.807, 2.05) is 48.5 Å². The first-order valence-electron chi connectivity index (χ1n) is 5.28. The molecule has 5 heteroatoms. The molecule has 0 amide bonds. The predicted molar refractivity (Wildman–Crippen MR) is 77.3 cm³/mol. The molecule has 0 bridgehead atoms. The van der Waals surface area contributed by atoms with Gasteiger partial charge in [0.1, 0.15) is 11.5 Å². The number of hydrogen-bond acceptors (Lipinski definition) is 4. The van der Waals surface area contributed by atoms with Gasteiger partial charge in [-0.1, -0.05) is 24.3 Å². The van der Waals surface area contributed by atoms with E-state index >= 15 is 0 Å². The molecule has 0 saturated carbocycles. The molecule has 1 radical (unpaired) electrons. The first-order chi connectivity index (χ1) is 8.65. The Hall–Kier alpha value is -1.00. The molecule has 0 aliphatic heterocycles. The molecule has 2 rings (SSSR count). The van der Waals surface area contributed by atoms with Gasteiger partial charge >= 0.3 is 17.1 Å². The molecule has 0 N–H and O–H groups in total. The summed E-state index contributed by atoms with van der Waals surface area (Å²) in [7, 11) is 3.27. The molecule has 0 aromatic heterocycles. The van der Waals surface area contributed by atoms with Crippen molar-refractivity contribution in [3.63, 3.8) is 0 Å². The molecular formula is C14H14CuO2S2. The fourth-order valence-electron chi connectivity index (χ4n) is 1.15. The molecular weight excluding hydrogens is 328 g/mol. The van der Waals surface area contributed by atoms with Crippen LogP contribution in [0.5, 0.6) is 11.5 Å². The normalized spacial score (nSPS) is 8.53. The molecule has 0 aliphatic rings. The number of ether oxygens (including phenoxy) is 2. The van der Waals surface area contributed by atoms with Crippen molar-refractivity contribution in [2.45, 2.75) is 9.79 Å². The van der Waals surface area contributed by atoms with E-state index in [0.29, 0.717) is 0 Å². The van der Waals surface area contributed by atoms with Crippen LogP contribution >= 0.6 is 0 Å². The van der Waals surface area contributed by atoms with Crippen molar-refractivity contribution in [2.75, 3.05) is 14.2 Å². The third-order valence-electron chi connectivity index (χ3n) is 2.12. The summed E-state index contributed by atoms with van der Waals surface area (Å²) in [4.78, 5) is 1.69. The average Bonchev–Trinajstić information content (AvgIpc) is 2.41. The molecule has 105 valence electrons. The van der Waals surface area contributed by atoms with Crippen molar-refractivity contribution in [3.05, 3.63) is 48.5 Å². The largest absolute Gasteiger partial charge is 2.00 e. The summed E-state index contributed by atoms with van der Waals surface area (Å²) < 4.78 is 9.85. The monoisotopic (exact) mass is 341 g/mol. The zero-order valence-corrected chi connectivity index (χ0v) is 13.1. The molecule has 0 fully saturated rings. The third kappa shape index (κ3) is 7.23. The fourth-order valence-corrected chi connectivity index (χ4v) is 1.42. The van der Waals surface area contributed by atoms with Gasteiger partial charge in [-0.3, -0.25) is 0 Å². The van der Waals surface area contributed by atoms with Crippen LogP contribution in [-0.4, -0.2) is 14.2 Å². The quantitative estimate of drug-likeness (QED) is 0.616. The predicted octanol–water partition coefficient (Wildman–Crippen LogP) is 3.20. The SMILES string of the molecule is COc1ccc([S-])cc1.COc1ccc([S-])cc1.[Cu+2]. The molecule has 0 spiro atoms. The van der Waals surface area contributed by atoms with Gasteiger partial charge in [-0.25, -0.2) is 0 Å². The third-order valence-corrected chi connectivity index (χ3v) is 2.66. The second-order valence-corrected chi connectivity index (χ2v) is 4.29. The van der Waals surface area contributed by atoms with Gasteiger partial charge in [0, 0.05) is 0 Å². The number of hydrogen-bond donors (Lipinski definition) is 0. The van der Waals surface area contributed by atoms with E-state index in [1.54, 1.807) is 14.2 Å². The summed E-state index contributed by atoms with van der Waals surface area (Å²) in [5.41, 5.74) is 0. The topological polar surface area (TPSA) is 18.5 Å². The Kier molecular flexibility index (Phi) is 9.35. The summed E-state index contributed by atoms with van der Waals surface area (Å²) in [5, 5.41) is 0. The Balaban J connectivity index is 0.000000324. The minimum Gasteiger partial charge on any atom is -0.780 e. The zero-order valence-electron chi connectivity index (χ0n) is 10.6. The molecule has 2 aromatic rings. The van der Waals surface area contributed by atoms with E-state index in [4.69, 9.17) is 34.7 Å². The van der Waals surface area contributed by atoms with Crippen LogP contribution in [0.25, 0.3) is 0 Å². The van der Waals surface area contributed by atoms with E-state index in [0.717, 1.165) is 21.3 Å². The van der Waals surface area contributed by atoms with Crippen molar-refractivity contribution in [1.29, 1.82) is 0 Å². The van der Waals surface area contributed by atoms with E-state index in [9.17, 15) is 0 Å². The van der Waals surface area contributed by atoms with Crippen LogP contribution in [0.4, 0.5) is 0 Å². The Morgan fingerprint density at radius 3 is 1.11 bits per heavy atom. The van der Waals surface area contributed by atoms with E-state index in [-0.39, 0.29) is 17.1 Å². The first kappa shape index (κ1) is 18.0. The Morgan fingerprint density at radius 2 is 0.895 bits per heavy atom. The van der Waals surface area contributed by atoms with Crippen LogP contribution in [0.15, 0.2) is 58.3 Å². The standard InChI is InChI=1S/2C7H8OS.Cu/c2*1-8-6-2-4-7(9)5-3-6;/h2*2-5,9H,1H3;/q;;+2/p-2. The van der Waals surface area contributed by atoms with Gasteiger partial charge < -0.3 is 34.7 Å². The van der Waals surface area contributed by atoms with Crippen molar-refractivity contribution in [2.24, 2.45) is 0 Å². The fraction of sp³-hybridized carbons (Fsp3) is 0.143. The van der Waals surface area contributed by atoms with E-state index in [2.05, 4.69) is 0 Å². The van der Waals surface area contributed by atoms with Gasteiger partial charge in [0.05, 0.1) is 14.2 Å². The molecule has 0 heterocycles. The average molecular weight is 342 g/mol. The number of rotatable bonds is 2. The maximum absolute atomic E-state index is 4.92. The van der Waals surface area contributed by atoms with Crippen molar-refractivity contribution < 1.29 is 26.5 Å². The van der Waals surface area contributed by atoms with Crippen molar-refractivity contribution >= 4 is 25.3 Å². The van der Waals surface area contributed by atoms with Crippen LogP contribution in [0, 0.1) is 0 Å². The van der Waals surface area contributed by atoms with Crippen molar-refractivity contribution in [1.82, 2.24) is 0 Å². The Bertz CT molecular complexity index is 412. The van der Waals surface area contributed by atoms with Crippen LogP contribution in [0.1, 0.15) is 0 Å². The van der Waals surface area contributed by atoms with E-state index in [1.165, 1.54) is 0 Å². The molecule has 0 unspecified atom stereocenters. The minimum atomic E-state index is 0. The summed E-state index contributed by atoms with van der Waals surface area (Å²) in [5.74, 6) is 1.70. The maximum atomic E-state index is 4.92. The molecule has 0 aliphatic carbocycles. The van der Waals surface area contributed by atoms with Crippen LogP contribution in [-0.2, 0) is 42.3 Å². The minimum absolute atomic E-state index is 0. The van der Waals surface area contributed by atoms with Gasteiger partial charge in [-0.05, 0) is 24.3 Å². The van der Waals surface area contributed by atoms with Gasteiger partial charge in [-0.2, -0.15) is 9.79 Å². The zero-order chi connectivity index (χ0) is 13.4. The first-order valence-corrected chi connectivity index (χ1v) is 6.09. The molecule has 19 heavy (non-hydrogen) atoms. The summed E-state index contributed by atoms with van der Waals surface area (Å²) in [6.45, 7) is 0. The molecule has 2 nitrogen and oxygen atoms in total. The van der Waals surface area contributed by atoms with Crippen LogP contribution in [0.3, 0.4) is 0 Å². The summed E-state index contributed by atoms with van der Waals surface area (Å²) in [6.07, 6.45) is 0. The smallest absolute Gasteiger partial charge is 0.780 e. The van der Waals surface area contributed by atoms with E-state index < -0.39 is 0 Å². The van der Waals surface area contributed by atoms with Crippen LogP contribution in [0.2, 0.25) is 0 Å². The number of methoxy groups -OCH3 is 2. The Labute approximate surface area is 135 Å². The van der Waals surface area contributed by atoms with Gasteiger partial charge in [-0.15, -0.1) is 0 Å². The summed E-state index contributed by atoms with van der Waals surface area (Å²) in [6, 6.07) is 14.8. The second-order valence-electron chi connectivity index (χ2n) is 3.35. The maximum Gasteiger partial charge on any atom is 2.00 e.